The molecule has 106 valence electrons. The summed E-state index contributed by atoms with van der Waals surface area (Å²) in [7, 11) is 1.83. The highest BCUT2D eigenvalue weighted by Gasteiger charge is 2.18. The van der Waals surface area contributed by atoms with E-state index in [1.54, 1.807) is 0 Å². The number of hydrogen-bond donors (Lipinski definition) is 0. The van der Waals surface area contributed by atoms with E-state index in [4.69, 9.17) is 11.6 Å². The third kappa shape index (κ3) is 2.43. The van der Waals surface area contributed by atoms with Crippen LogP contribution in [0.3, 0.4) is 0 Å². The van der Waals surface area contributed by atoms with Crippen molar-refractivity contribution in [1.82, 2.24) is 9.55 Å². The monoisotopic (exact) mass is 302 g/mol. The first-order valence-corrected chi connectivity index (χ1v) is 6.83. The predicted molar refractivity (Wildman–Crippen MR) is 80.2 cm³/mol. The minimum absolute atomic E-state index is 0.00579. The average Bonchev–Trinajstić information content (AvgIpc) is 2.76. The summed E-state index contributed by atoms with van der Waals surface area (Å²) in [6, 6.07) is 11.8. The molecule has 21 heavy (non-hydrogen) atoms. The van der Waals surface area contributed by atoms with Gasteiger partial charge in [0, 0.05) is 7.05 Å². The molecule has 0 aliphatic carbocycles. The van der Waals surface area contributed by atoms with Crippen molar-refractivity contribution in [3.63, 3.8) is 0 Å². The lowest BCUT2D eigenvalue weighted by Crippen LogP contribution is -2.10. The lowest BCUT2D eigenvalue weighted by Gasteiger charge is -2.05. The Balaban J connectivity index is 1.99. The van der Waals surface area contributed by atoms with E-state index in [-0.39, 0.29) is 22.8 Å². The van der Waals surface area contributed by atoms with Crippen LogP contribution in [-0.4, -0.2) is 15.3 Å². The highest BCUT2D eigenvalue weighted by Crippen LogP contribution is 2.22. The Kier molecular flexibility index (Phi) is 3.47. The molecule has 3 aromatic rings. The van der Waals surface area contributed by atoms with Crippen LogP contribution in [0.2, 0.25) is 5.02 Å². The van der Waals surface area contributed by atoms with Crippen LogP contribution >= 0.6 is 11.6 Å². The SMILES string of the molecule is Cn1c(CC(=O)c2c(F)cccc2Cl)nc2ccccc21. The molecule has 1 aromatic heterocycles. The number of carbonyl (C=O) groups is 1. The number of aryl methyl sites for hydroxylation is 1. The smallest absolute Gasteiger partial charge is 0.174 e. The van der Waals surface area contributed by atoms with Crippen molar-refractivity contribution in [3.05, 3.63) is 64.7 Å². The Labute approximate surface area is 126 Å². The lowest BCUT2D eigenvalue weighted by atomic mass is 10.1. The van der Waals surface area contributed by atoms with Gasteiger partial charge >= 0.3 is 0 Å². The summed E-state index contributed by atoms with van der Waals surface area (Å²) in [5, 5.41) is 0.124. The molecule has 0 saturated carbocycles. The van der Waals surface area contributed by atoms with E-state index in [1.807, 2.05) is 35.9 Å². The van der Waals surface area contributed by atoms with Gasteiger partial charge in [-0.2, -0.15) is 0 Å². The number of aromatic nitrogens is 2. The maximum atomic E-state index is 13.8. The maximum absolute atomic E-state index is 13.8. The molecule has 0 aliphatic rings. The van der Waals surface area contributed by atoms with E-state index in [1.165, 1.54) is 18.2 Å². The van der Waals surface area contributed by atoms with Crippen LogP contribution in [0.5, 0.6) is 0 Å². The molecular formula is C16H12ClFN2O. The van der Waals surface area contributed by atoms with Crippen LogP contribution in [0.25, 0.3) is 11.0 Å². The zero-order valence-corrected chi connectivity index (χ0v) is 12.1. The molecule has 0 unspecified atom stereocenters. The minimum Gasteiger partial charge on any atom is -0.331 e. The van der Waals surface area contributed by atoms with Crippen LogP contribution in [0.15, 0.2) is 42.5 Å². The first-order chi connectivity index (χ1) is 10.1. The number of rotatable bonds is 3. The van der Waals surface area contributed by atoms with E-state index in [0.717, 1.165) is 11.0 Å². The van der Waals surface area contributed by atoms with Gasteiger partial charge in [-0.25, -0.2) is 9.37 Å². The second kappa shape index (κ2) is 5.30. The van der Waals surface area contributed by atoms with E-state index in [2.05, 4.69) is 4.98 Å². The fourth-order valence-electron chi connectivity index (χ4n) is 2.35. The number of fused-ring (bicyclic) bond motifs is 1. The third-order valence-corrected chi connectivity index (χ3v) is 3.76. The van der Waals surface area contributed by atoms with Gasteiger partial charge in [0.1, 0.15) is 11.6 Å². The summed E-state index contributed by atoms with van der Waals surface area (Å²) < 4.78 is 15.6. The summed E-state index contributed by atoms with van der Waals surface area (Å²) in [5.41, 5.74) is 1.66. The topological polar surface area (TPSA) is 34.9 Å². The van der Waals surface area contributed by atoms with E-state index in [9.17, 15) is 9.18 Å². The molecule has 2 aromatic carbocycles. The standard InChI is InChI=1S/C16H12ClFN2O/c1-20-13-8-3-2-7-12(13)19-15(20)9-14(21)16-10(17)5-4-6-11(16)18/h2-8H,9H2,1H3. The lowest BCUT2D eigenvalue weighted by molar-refractivity contribution is 0.0986. The largest absolute Gasteiger partial charge is 0.331 e. The van der Waals surface area contributed by atoms with Gasteiger partial charge in [-0.1, -0.05) is 29.8 Å². The molecule has 0 saturated heterocycles. The van der Waals surface area contributed by atoms with Crippen molar-refractivity contribution in [3.8, 4) is 0 Å². The summed E-state index contributed by atoms with van der Waals surface area (Å²) in [6.07, 6.45) is 0.00579. The van der Waals surface area contributed by atoms with Crippen molar-refractivity contribution >= 4 is 28.4 Å². The van der Waals surface area contributed by atoms with Crippen molar-refractivity contribution < 1.29 is 9.18 Å². The molecule has 0 bridgehead atoms. The van der Waals surface area contributed by atoms with E-state index >= 15 is 0 Å². The molecule has 1 heterocycles. The molecule has 0 atom stereocenters. The number of para-hydroxylation sites is 2. The second-order valence-electron chi connectivity index (χ2n) is 4.77. The minimum atomic E-state index is -0.605. The zero-order chi connectivity index (χ0) is 15.0. The molecular weight excluding hydrogens is 291 g/mol. The Morgan fingerprint density at radius 1 is 1.24 bits per heavy atom. The van der Waals surface area contributed by atoms with Crippen molar-refractivity contribution in [2.75, 3.05) is 0 Å². The first kappa shape index (κ1) is 13.8. The van der Waals surface area contributed by atoms with Crippen LogP contribution in [-0.2, 0) is 13.5 Å². The van der Waals surface area contributed by atoms with Crippen LogP contribution in [0, 0.1) is 5.82 Å². The fraction of sp³-hybridized carbons (Fsp3) is 0.125. The number of nitrogens with zero attached hydrogens (tertiary/aromatic N) is 2. The van der Waals surface area contributed by atoms with Crippen molar-refractivity contribution in [2.45, 2.75) is 6.42 Å². The Morgan fingerprint density at radius 2 is 2.00 bits per heavy atom. The number of halogens is 2. The van der Waals surface area contributed by atoms with Crippen LogP contribution in [0.4, 0.5) is 4.39 Å². The Morgan fingerprint density at radius 3 is 2.71 bits per heavy atom. The number of imidazole rings is 1. The normalized spacial score (nSPS) is 11.0. The van der Waals surface area contributed by atoms with Crippen molar-refractivity contribution in [2.24, 2.45) is 7.05 Å². The summed E-state index contributed by atoms with van der Waals surface area (Å²) in [4.78, 5) is 16.7. The Hall–Kier alpha value is -2.20. The third-order valence-electron chi connectivity index (χ3n) is 3.44. The van der Waals surface area contributed by atoms with Gasteiger partial charge in [-0.15, -0.1) is 0 Å². The van der Waals surface area contributed by atoms with Crippen LogP contribution < -0.4 is 0 Å². The molecule has 0 radical (unpaired) electrons. The number of benzene rings is 2. The van der Waals surface area contributed by atoms with Gasteiger partial charge in [0.05, 0.1) is 28.0 Å². The fourth-order valence-corrected chi connectivity index (χ4v) is 2.62. The number of Topliss-reactive ketones (excluding diaryl/α,β-unsaturated/α-hetero) is 1. The predicted octanol–water partition coefficient (Wildman–Crippen LogP) is 3.79. The summed E-state index contributed by atoms with van der Waals surface area (Å²) in [6.45, 7) is 0. The number of hydrogen-bond acceptors (Lipinski definition) is 2. The molecule has 0 aliphatic heterocycles. The Bertz CT molecular complexity index is 821. The maximum Gasteiger partial charge on any atom is 0.174 e. The first-order valence-electron chi connectivity index (χ1n) is 6.45. The van der Waals surface area contributed by atoms with Gasteiger partial charge in [0.15, 0.2) is 5.78 Å². The molecule has 0 amide bonds. The van der Waals surface area contributed by atoms with Crippen molar-refractivity contribution in [1.29, 1.82) is 0 Å². The zero-order valence-electron chi connectivity index (χ0n) is 11.3. The summed E-state index contributed by atoms with van der Waals surface area (Å²) >= 11 is 5.92. The quantitative estimate of drug-likeness (QED) is 0.690. The molecule has 0 spiro atoms. The van der Waals surface area contributed by atoms with Gasteiger partial charge in [-0.3, -0.25) is 4.79 Å². The number of ketones is 1. The second-order valence-corrected chi connectivity index (χ2v) is 5.18. The van der Waals surface area contributed by atoms with Crippen LogP contribution in [0.1, 0.15) is 16.2 Å². The van der Waals surface area contributed by atoms with Gasteiger partial charge in [0.25, 0.3) is 0 Å². The molecule has 3 nitrogen and oxygen atoms in total. The van der Waals surface area contributed by atoms with Gasteiger partial charge in [-0.05, 0) is 24.3 Å². The molecule has 3 rings (SSSR count). The average molecular weight is 303 g/mol. The van der Waals surface area contributed by atoms with Gasteiger partial charge < -0.3 is 4.57 Å². The van der Waals surface area contributed by atoms with E-state index in [0.29, 0.717) is 5.82 Å². The summed E-state index contributed by atoms with van der Waals surface area (Å²) in [5.74, 6) is -0.400. The highest BCUT2D eigenvalue weighted by molar-refractivity contribution is 6.34. The van der Waals surface area contributed by atoms with E-state index < -0.39 is 5.82 Å². The highest BCUT2D eigenvalue weighted by atomic mass is 35.5. The molecule has 5 heteroatoms. The molecule has 0 N–H and O–H groups in total. The number of carbonyl (C=O) groups excluding carboxylic acids is 1. The molecule has 0 fully saturated rings. The van der Waals surface area contributed by atoms with Gasteiger partial charge in [0.2, 0.25) is 0 Å².